The van der Waals surface area contributed by atoms with Crippen molar-refractivity contribution in [1.82, 2.24) is 10.6 Å². The highest BCUT2D eigenvalue weighted by molar-refractivity contribution is 5.85. The predicted molar refractivity (Wildman–Crippen MR) is 92.7 cm³/mol. The average molecular weight is 333 g/mol. The Hall–Kier alpha value is -1.88. The van der Waals surface area contributed by atoms with Crippen LogP contribution in [0.4, 0.5) is 0 Å². The molecule has 1 amide bonds. The largest absolute Gasteiger partial charge is 0.366 e. The number of nitrogens with one attached hydrogen (secondary N) is 2. The van der Waals surface area contributed by atoms with Crippen molar-refractivity contribution >= 4 is 18.3 Å². The predicted octanol–water partition coefficient (Wildman–Crippen LogP) is 2.30. The van der Waals surface area contributed by atoms with Gasteiger partial charge in [-0.1, -0.05) is 60.7 Å². The summed E-state index contributed by atoms with van der Waals surface area (Å²) in [7, 11) is 0. The van der Waals surface area contributed by atoms with Crippen molar-refractivity contribution in [2.24, 2.45) is 0 Å². The molecular weight excluding hydrogens is 312 g/mol. The van der Waals surface area contributed by atoms with Crippen LogP contribution in [0.5, 0.6) is 0 Å². The monoisotopic (exact) mass is 332 g/mol. The number of hydrogen-bond donors (Lipinski definition) is 2. The molecule has 4 nitrogen and oxygen atoms in total. The van der Waals surface area contributed by atoms with Crippen LogP contribution in [0.15, 0.2) is 60.7 Å². The van der Waals surface area contributed by atoms with E-state index in [0.29, 0.717) is 13.2 Å². The van der Waals surface area contributed by atoms with Crippen molar-refractivity contribution in [2.45, 2.75) is 12.1 Å². The van der Waals surface area contributed by atoms with Gasteiger partial charge in [-0.3, -0.25) is 4.79 Å². The lowest BCUT2D eigenvalue weighted by Crippen LogP contribution is -2.48. The zero-order chi connectivity index (χ0) is 15.2. The minimum Gasteiger partial charge on any atom is -0.366 e. The minimum absolute atomic E-state index is 0. The first kappa shape index (κ1) is 17.5. The number of benzene rings is 2. The third-order valence-corrected chi connectivity index (χ3v) is 3.77. The maximum Gasteiger partial charge on any atom is 0.251 e. The van der Waals surface area contributed by atoms with Crippen molar-refractivity contribution in [3.8, 4) is 0 Å². The average Bonchev–Trinajstić information content (AvgIpc) is 2.62. The second kappa shape index (κ2) is 8.67. The smallest absolute Gasteiger partial charge is 0.251 e. The molecule has 23 heavy (non-hydrogen) atoms. The fourth-order valence-electron chi connectivity index (χ4n) is 2.62. The molecule has 0 spiro atoms. The van der Waals surface area contributed by atoms with Gasteiger partial charge in [0.2, 0.25) is 0 Å². The maximum absolute atomic E-state index is 12.5. The standard InChI is InChI=1S/C18H20N2O2.ClH/c21-18(16-13-19-11-12-22-16)20-17(14-7-3-1-4-8-14)15-9-5-2-6-10-15;/h1-10,16-17,19H,11-13H2,(H,20,21);1H. The van der Waals surface area contributed by atoms with E-state index in [0.717, 1.165) is 17.7 Å². The van der Waals surface area contributed by atoms with E-state index in [-0.39, 0.29) is 24.4 Å². The molecule has 0 bridgehead atoms. The molecule has 1 fully saturated rings. The zero-order valence-electron chi connectivity index (χ0n) is 12.8. The van der Waals surface area contributed by atoms with E-state index in [4.69, 9.17) is 4.74 Å². The molecular formula is C18H21ClN2O2. The third-order valence-electron chi connectivity index (χ3n) is 3.77. The maximum atomic E-state index is 12.5. The summed E-state index contributed by atoms with van der Waals surface area (Å²) >= 11 is 0. The van der Waals surface area contributed by atoms with Gasteiger partial charge in [0, 0.05) is 13.1 Å². The molecule has 0 saturated carbocycles. The normalized spacial score (nSPS) is 17.3. The first-order chi connectivity index (χ1) is 10.8. The van der Waals surface area contributed by atoms with Crippen LogP contribution >= 0.6 is 12.4 Å². The van der Waals surface area contributed by atoms with Crippen LogP contribution in [-0.2, 0) is 9.53 Å². The van der Waals surface area contributed by atoms with Gasteiger partial charge in [0.25, 0.3) is 5.91 Å². The van der Waals surface area contributed by atoms with Gasteiger partial charge in [0.15, 0.2) is 0 Å². The lowest BCUT2D eigenvalue weighted by Gasteiger charge is -2.26. The van der Waals surface area contributed by atoms with Crippen molar-refractivity contribution in [1.29, 1.82) is 0 Å². The summed E-state index contributed by atoms with van der Waals surface area (Å²) in [6, 6.07) is 19.8. The van der Waals surface area contributed by atoms with E-state index in [1.165, 1.54) is 0 Å². The molecule has 1 unspecified atom stereocenters. The van der Waals surface area contributed by atoms with E-state index in [9.17, 15) is 4.79 Å². The number of hydrogen-bond acceptors (Lipinski definition) is 3. The summed E-state index contributed by atoms with van der Waals surface area (Å²) < 4.78 is 5.54. The summed E-state index contributed by atoms with van der Waals surface area (Å²) in [5, 5.41) is 6.30. The van der Waals surface area contributed by atoms with E-state index in [1.54, 1.807) is 0 Å². The Morgan fingerprint density at radius 2 is 1.61 bits per heavy atom. The Kier molecular flexibility index (Phi) is 6.59. The second-order valence-electron chi connectivity index (χ2n) is 5.33. The molecule has 0 radical (unpaired) electrons. The highest BCUT2D eigenvalue weighted by Crippen LogP contribution is 2.22. The van der Waals surface area contributed by atoms with Gasteiger partial charge in [-0.05, 0) is 11.1 Å². The quantitative estimate of drug-likeness (QED) is 0.903. The number of carbonyl (C=O) groups excluding carboxylic acids is 1. The Balaban J connectivity index is 0.00000192. The van der Waals surface area contributed by atoms with E-state index in [1.807, 2.05) is 60.7 Å². The van der Waals surface area contributed by atoms with Gasteiger partial charge in [-0.15, -0.1) is 12.4 Å². The molecule has 1 atom stereocenters. The molecule has 1 aliphatic rings. The molecule has 2 aromatic rings. The lowest BCUT2D eigenvalue weighted by atomic mass is 9.98. The SMILES string of the molecule is Cl.O=C(NC(c1ccccc1)c1ccccc1)C1CNCCO1. The van der Waals surface area contributed by atoms with Crippen LogP contribution in [0.1, 0.15) is 17.2 Å². The van der Waals surface area contributed by atoms with Gasteiger partial charge >= 0.3 is 0 Å². The zero-order valence-corrected chi connectivity index (χ0v) is 13.6. The van der Waals surface area contributed by atoms with Crippen LogP contribution in [-0.4, -0.2) is 31.7 Å². The van der Waals surface area contributed by atoms with Gasteiger partial charge in [-0.2, -0.15) is 0 Å². The van der Waals surface area contributed by atoms with Gasteiger partial charge in [0.05, 0.1) is 12.6 Å². The van der Waals surface area contributed by atoms with Crippen LogP contribution in [0.2, 0.25) is 0 Å². The second-order valence-corrected chi connectivity index (χ2v) is 5.33. The highest BCUT2D eigenvalue weighted by atomic mass is 35.5. The molecule has 3 rings (SSSR count). The van der Waals surface area contributed by atoms with Crippen molar-refractivity contribution in [3.05, 3.63) is 71.8 Å². The Labute approximate surface area is 142 Å². The number of halogens is 1. The van der Waals surface area contributed by atoms with E-state index in [2.05, 4.69) is 10.6 Å². The highest BCUT2D eigenvalue weighted by Gasteiger charge is 2.25. The number of morpholine rings is 1. The summed E-state index contributed by atoms with van der Waals surface area (Å²) in [6.45, 7) is 1.92. The number of amides is 1. The molecule has 0 aliphatic carbocycles. The Morgan fingerprint density at radius 3 is 2.09 bits per heavy atom. The number of rotatable bonds is 4. The van der Waals surface area contributed by atoms with Gasteiger partial charge in [-0.25, -0.2) is 0 Å². The van der Waals surface area contributed by atoms with Crippen molar-refractivity contribution in [2.75, 3.05) is 19.7 Å². The minimum atomic E-state index is -0.427. The number of carbonyl (C=O) groups is 1. The first-order valence-corrected chi connectivity index (χ1v) is 7.57. The molecule has 1 saturated heterocycles. The third kappa shape index (κ3) is 4.55. The molecule has 2 aromatic carbocycles. The summed E-state index contributed by atoms with van der Waals surface area (Å²) in [5.41, 5.74) is 2.12. The van der Waals surface area contributed by atoms with Crippen molar-refractivity contribution < 1.29 is 9.53 Å². The fourth-order valence-corrected chi connectivity index (χ4v) is 2.62. The molecule has 1 heterocycles. The first-order valence-electron chi connectivity index (χ1n) is 7.57. The summed E-state index contributed by atoms with van der Waals surface area (Å²) in [5.74, 6) is -0.0788. The Morgan fingerprint density at radius 1 is 1.04 bits per heavy atom. The molecule has 122 valence electrons. The van der Waals surface area contributed by atoms with E-state index >= 15 is 0 Å². The lowest BCUT2D eigenvalue weighted by molar-refractivity contribution is -0.134. The molecule has 0 aromatic heterocycles. The van der Waals surface area contributed by atoms with Crippen LogP contribution in [0.3, 0.4) is 0 Å². The molecule has 1 aliphatic heterocycles. The van der Waals surface area contributed by atoms with Gasteiger partial charge in [0.1, 0.15) is 6.10 Å². The Bertz CT molecular complexity index is 561. The molecule has 5 heteroatoms. The summed E-state index contributed by atoms with van der Waals surface area (Å²) in [6.07, 6.45) is -0.427. The summed E-state index contributed by atoms with van der Waals surface area (Å²) in [4.78, 5) is 12.5. The van der Waals surface area contributed by atoms with Gasteiger partial charge < -0.3 is 15.4 Å². The van der Waals surface area contributed by atoms with Crippen LogP contribution in [0, 0.1) is 0 Å². The number of ether oxygens (including phenoxy) is 1. The van der Waals surface area contributed by atoms with Crippen LogP contribution < -0.4 is 10.6 Å². The van der Waals surface area contributed by atoms with Crippen molar-refractivity contribution in [3.63, 3.8) is 0 Å². The fraction of sp³-hybridized carbons (Fsp3) is 0.278. The topological polar surface area (TPSA) is 50.4 Å². The van der Waals surface area contributed by atoms with E-state index < -0.39 is 6.10 Å². The van der Waals surface area contributed by atoms with Crippen LogP contribution in [0.25, 0.3) is 0 Å². The molecule has 2 N–H and O–H groups in total.